The van der Waals surface area contributed by atoms with Crippen molar-refractivity contribution in [2.75, 3.05) is 13.2 Å². The fourth-order valence-corrected chi connectivity index (χ4v) is 4.47. The SMILES string of the molecule is O=C(NCCn1cccc1)N[C@@H]1[C@H]2CCO[C@H]2C12CCC2. The molecule has 1 spiro atoms. The number of fused-ring (bicyclic) bond motifs is 2. The first-order chi connectivity index (χ1) is 10.3. The highest BCUT2D eigenvalue weighted by Crippen LogP contribution is 2.62. The van der Waals surface area contributed by atoms with Crippen molar-refractivity contribution in [2.24, 2.45) is 11.3 Å². The van der Waals surface area contributed by atoms with E-state index >= 15 is 0 Å². The van der Waals surface area contributed by atoms with Gasteiger partial charge in [0.25, 0.3) is 0 Å². The molecule has 1 aromatic heterocycles. The first-order valence-electron chi connectivity index (χ1n) is 8.06. The summed E-state index contributed by atoms with van der Waals surface area (Å²) in [5.74, 6) is 0.542. The van der Waals surface area contributed by atoms with Crippen LogP contribution in [0, 0.1) is 11.3 Å². The average molecular weight is 289 g/mol. The lowest BCUT2D eigenvalue weighted by molar-refractivity contribution is -0.172. The third-order valence-electron chi connectivity index (χ3n) is 5.64. The lowest BCUT2D eigenvalue weighted by Gasteiger charge is -2.63. The van der Waals surface area contributed by atoms with Gasteiger partial charge in [0.2, 0.25) is 0 Å². The van der Waals surface area contributed by atoms with E-state index in [1.807, 2.05) is 24.5 Å². The van der Waals surface area contributed by atoms with E-state index in [0.717, 1.165) is 19.6 Å². The number of nitrogens with one attached hydrogen (secondary N) is 2. The highest BCUT2D eigenvalue weighted by atomic mass is 16.5. The Hall–Kier alpha value is -1.49. The summed E-state index contributed by atoms with van der Waals surface area (Å²) in [6.07, 6.45) is 9.23. The Morgan fingerprint density at radius 2 is 2.14 bits per heavy atom. The van der Waals surface area contributed by atoms with Crippen LogP contribution in [0.5, 0.6) is 0 Å². The fourth-order valence-electron chi connectivity index (χ4n) is 4.47. The van der Waals surface area contributed by atoms with Crippen molar-refractivity contribution in [3.63, 3.8) is 0 Å². The summed E-state index contributed by atoms with van der Waals surface area (Å²) in [6.45, 7) is 2.33. The van der Waals surface area contributed by atoms with Gasteiger partial charge in [-0.2, -0.15) is 0 Å². The standard InChI is InChI=1S/C16H23N3O2/c20-15(17-7-10-19-8-1-2-9-19)18-13-12-4-11-21-14(12)16(13)5-3-6-16/h1-2,8-9,12-14H,3-7,10-11H2,(H2,17,18,20)/t12-,13-,14-/m1/s1. The maximum Gasteiger partial charge on any atom is 0.315 e. The van der Waals surface area contributed by atoms with Crippen LogP contribution < -0.4 is 10.6 Å². The van der Waals surface area contributed by atoms with Gasteiger partial charge < -0.3 is 19.9 Å². The molecule has 1 saturated heterocycles. The molecule has 2 amide bonds. The van der Waals surface area contributed by atoms with Crippen LogP contribution in [0.25, 0.3) is 0 Å². The Kier molecular flexibility index (Phi) is 3.17. The van der Waals surface area contributed by atoms with Crippen LogP contribution in [-0.4, -0.2) is 35.9 Å². The number of nitrogens with zero attached hydrogens (tertiary/aromatic N) is 1. The molecule has 5 heteroatoms. The van der Waals surface area contributed by atoms with Gasteiger partial charge in [-0.15, -0.1) is 0 Å². The van der Waals surface area contributed by atoms with Crippen LogP contribution in [0.3, 0.4) is 0 Å². The zero-order valence-corrected chi connectivity index (χ0v) is 12.3. The van der Waals surface area contributed by atoms with E-state index in [0.29, 0.717) is 24.6 Å². The first kappa shape index (κ1) is 13.2. The number of hydrogen-bond donors (Lipinski definition) is 2. The lowest BCUT2D eigenvalue weighted by atomic mass is 9.46. The van der Waals surface area contributed by atoms with Gasteiger partial charge in [-0.25, -0.2) is 4.79 Å². The normalized spacial score (nSPS) is 32.1. The zero-order valence-electron chi connectivity index (χ0n) is 12.3. The third-order valence-corrected chi connectivity index (χ3v) is 5.64. The van der Waals surface area contributed by atoms with E-state index in [2.05, 4.69) is 15.2 Å². The summed E-state index contributed by atoms with van der Waals surface area (Å²) in [5.41, 5.74) is 0.263. The Bertz CT molecular complexity index is 510. The van der Waals surface area contributed by atoms with Crippen LogP contribution in [0.1, 0.15) is 25.7 Å². The Morgan fingerprint density at radius 1 is 1.33 bits per heavy atom. The van der Waals surface area contributed by atoms with Crippen molar-refractivity contribution >= 4 is 6.03 Å². The summed E-state index contributed by atoms with van der Waals surface area (Å²) in [5, 5.41) is 6.20. The molecule has 3 atom stereocenters. The van der Waals surface area contributed by atoms with Gasteiger partial charge in [0, 0.05) is 49.5 Å². The number of urea groups is 1. The van der Waals surface area contributed by atoms with E-state index in [1.54, 1.807) is 0 Å². The number of carbonyl (C=O) groups is 1. The molecule has 21 heavy (non-hydrogen) atoms. The van der Waals surface area contributed by atoms with Crippen LogP contribution in [-0.2, 0) is 11.3 Å². The summed E-state index contributed by atoms with van der Waals surface area (Å²) < 4.78 is 7.94. The topological polar surface area (TPSA) is 55.3 Å². The van der Waals surface area contributed by atoms with E-state index < -0.39 is 0 Å². The van der Waals surface area contributed by atoms with Crippen LogP contribution in [0.2, 0.25) is 0 Å². The van der Waals surface area contributed by atoms with Gasteiger partial charge >= 0.3 is 6.03 Å². The van der Waals surface area contributed by atoms with E-state index in [1.165, 1.54) is 19.3 Å². The van der Waals surface area contributed by atoms with Crippen molar-refractivity contribution in [2.45, 2.75) is 44.4 Å². The molecule has 3 fully saturated rings. The number of aromatic nitrogens is 1. The highest BCUT2D eigenvalue weighted by Gasteiger charge is 2.66. The van der Waals surface area contributed by atoms with Gasteiger partial charge in [-0.3, -0.25) is 0 Å². The summed E-state index contributed by atoms with van der Waals surface area (Å²) >= 11 is 0. The molecule has 5 nitrogen and oxygen atoms in total. The predicted molar refractivity (Wildman–Crippen MR) is 78.9 cm³/mol. The van der Waals surface area contributed by atoms with Gasteiger partial charge in [-0.1, -0.05) is 6.42 Å². The highest BCUT2D eigenvalue weighted by molar-refractivity contribution is 5.74. The number of hydrogen-bond acceptors (Lipinski definition) is 2. The molecule has 0 radical (unpaired) electrons. The zero-order chi connectivity index (χ0) is 14.3. The monoisotopic (exact) mass is 289 g/mol. The molecular formula is C16H23N3O2. The molecule has 3 aliphatic rings. The molecule has 1 aliphatic heterocycles. The molecule has 114 valence electrons. The number of rotatable bonds is 4. The molecule has 2 heterocycles. The number of amides is 2. The maximum atomic E-state index is 12.1. The molecule has 0 bridgehead atoms. The second kappa shape index (κ2) is 5.05. The molecular weight excluding hydrogens is 266 g/mol. The molecule has 0 unspecified atom stereocenters. The smallest absolute Gasteiger partial charge is 0.315 e. The van der Waals surface area contributed by atoms with E-state index in [9.17, 15) is 4.79 Å². The largest absolute Gasteiger partial charge is 0.377 e. The van der Waals surface area contributed by atoms with E-state index in [-0.39, 0.29) is 11.4 Å². The van der Waals surface area contributed by atoms with Gasteiger partial charge in [-0.05, 0) is 31.4 Å². The average Bonchev–Trinajstić information content (AvgIpc) is 3.05. The van der Waals surface area contributed by atoms with Crippen molar-refractivity contribution in [3.8, 4) is 0 Å². The first-order valence-corrected chi connectivity index (χ1v) is 8.06. The fraction of sp³-hybridized carbons (Fsp3) is 0.688. The summed E-state index contributed by atoms with van der Waals surface area (Å²) in [4.78, 5) is 12.1. The Labute approximate surface area is 125 Å². The van der Waals surface area contributed by atoms with Crippen molar-refractivity contribution in [1.29, 1.82) is 0 Å². The van der Waals surface area contributed by atoms with Crippen LogP contribution in [0.4, 0.5) is 4.79 Å². The molecule has 2 N–H and O–H groups in total. The van der Waals surface area contributed by atoms with E-state index in [4.69, 9.17) is 4.74 Å². The molecule has 2 saturated carbocycles. The predicted octanol–water partition coefficient (Wildman–Crippen LogP) is 1.74. The maximum absolute atomic E-state index is 12.1. The molecule has 1 aromatic rings. The van der Waals surface area contributed by atoms with Crippen LogP contribution in [0.15, 0.2) is 24.5 Å². The van der Waals surface area contributed by atoms with Gasteiger partial charge in [0.15, 0.2) is 0 Å². The second-order valence-electron chi connectivity index (χ2n) is 6.63. The van der Waals surface area contributed by atoms with Gasteiger partial charge in [0.1, 0.15) is 0 Å². The quantitative estimate of drug-likeness (QED) is 0.887. The van der Waals surface area contributed by atoms with Crippen LogP contribution >= 0.6 is 0 Å². The minimum Gasteiger partial charge on any atom is -0.377 e. The van der Waals surface area contributed by atoms with Crippen molar-refractivity contribution in [3.05, 3.63) is 24.5 Å². The number of ether oxygens (including phenoxy) is 1. The van der Waals surface area contributed by atoms with Crippen molar-refractivity contribution < 1.29 is 9.53 Å². The minimum atomic E-state index is -0.0243. The second-order valence-corrected chi connectivity index (χ2v) is 6.63. The van der Waals surface area contributed by atoms with Crippen molar-refractivity contribution in [1.82, 2.24) is 15.2 Å². The third kappa shape index (κ3) is 2.06. The Balaban J connectivity index is 1.28. The van der Waals surface area contributed by atoms with Gasteiger partial charge in [0.05, 0.1) is 6.10 Å². The molecule has 2 aliphatic carbocycles. The summed E-state index contributed by atoms with van der Waals surface area (Å²) in [6, 6.07) is 4.29. The molecule has 4 rings (SSSR count). The Morgan fingerprint density at radius 3 is 2.86 bits per heavy atom. The lowest BCUT2D eigenvalue weighted by Crippen LogP contribution is -2.72. The summed E-state index contributed by atoms with van der Waals surface area (Å²) in [7, 11) is 0. The molecule has 0 aromatic carbocycles. The number of carbonyl (C=O) groups excluding carboxylic acids is 1. The minimum absolute atomic E-state index is 0.0243.